The Hall–Kier alpha value is -0.810. The van der Waals surface area contributed by atoms with Crippen molar-refractivity contribution in [1.82, 2.24) is 0 Å². The standard InChI is InChI=1S/C15H20BrFO3/c1-3-4-5-19-10-6-11(7-10)20-12-8-13(16)15(17)14(9-12)18-2/h8-11H,3-7H2,1-2H3. The minimum atomic E-state index is -0.408. The van der Waals surface area contributed by atoms with Crippen LogP contribution in [0.15, 0.2) is 16.6 Å². The van der Waals surface area contributed by atoms with E-state index in [0.29, 0.717) is 16.3 Å². The summed E-state index contributed by atoms with van der Waals surface area (Å²) in [7, 11) is 1.44. The lowest BCUT2D eigenvalue weighted by atomic mass is 9.92. The Morgan fingerprint density at radius 3 is 2.70 bits per heavy atom. The van der Waals surface area contributed by atoms with Crippen LogP contribution in [0.4, 0.5) is 4.39 Å². The summed E-state index contributed by atoms with van der Waals surface area (Å²) >= 11 is 3.16. The molecule has 0 amide bonds. The molecule has 3 nitrogen and oxygen atoms in total. The van der Waals surface area contributed by atoms with Crippen LogP contribution in [0.3, 0.4) is 0 Å². The summed E-state index contributed by atoms with van der Waals surface area (Å²) in [5, 5.41) is 0. The lowest BCUT2D eigenvalue weighted by Crippen LogP contribution is -2.39. The Bertz CT molecular complexity index is 447. The number of benzene rings is 1. The summed E-state index contributed by atoms with van der Waals surface area (Å²) in [5.74, 6) is 0.394. The van der Waals surface area contributed by atoms with Gasteiger partial charge in [0.1, 0.15) is 11.9 Å². The Morgan fingerprint density at radius 1 is 1.30 bits per heavy atom. The number of rotatable bonds is 7. The van der Waals surface area contributed by atoms with E-state index in [2.05, 4.69) is 22.9 Å². The highest BCUT2D eigenvalue weighted by Crippen LogP contribution is 2.34. The highest BCUT2D eigenvalue weighted by molar-refractivity contribution is 9.10. The predicted octanol–water partition coefficient (Wildman–Crippen LogP) is 4.32. The molecule has 5 heteroatoms. The Labute approximate surface area is 127 Å². The van der Waals surface area contributed by atoms with Gasteiger partial charge in [0.25, 0.3) is 0 Å². The summed E-state index contributed by atoms with van der Waals surface area (Å²) in [6.07, 6.45) is 4.48. The second-order valence-corrected chi connectivity index (χ2v) is 5.83. The first kappa shape index (κ1) is 15.6. The van der Waals surface area contributed by atoms with E-state index >= 15 is 0 Å². The van der Waals surface area contributed by atoms with E-state index in [1.54, 1.807) is 12.1 Å². The summed E-state index contributed by atoms with van der Waals surface area (Å²) in [5.41, 5.74) is 0. The van der Waals surface area contributed by atoms with Gasteiger partial charge in [-0.05, 0) is 28.4 Å². The van der Waals surface area contributed by atoms with Gasteiger partial charge in [0.05, 0.1) is 17.7 Å². The maximum Gasteiger partial charge on any atom is 0.179 e. The molecule has 2 rings (SSSR count). The average Bonchev–Trinajstić information content (AvgIpc) is 2.39. The molecule has 0 aliphatic heterocycles. The molecule has 1 aliphatic carbocycles. The van der Waals surface area contributed by atoms with Crippen LogP contribution in [-0.2, 0) is 4.74 Å². The fraction of sp³-hybridized carbons (Fsp3) is 0.600. The van der Waals surface area contributed by atoms with E-state index in [1.807, 2.05) is 0 Å². The van der Waals surface area contributed by atoms with Crippen molar-refractivity contribution < 1.29 is 18.6 Å². The van der Waals surface area contributed by atoms with Crippen molar-refractivity contribution >= 4 is 15.9 Å². The normalized spacial score (nSPS) is 21.4. The maximum absolute atomic E-state index is 13.6. The van der Waals surface area contributed by atoms with Crippen molar-refractivity contribution in [3.05, 3.63) is 22.4 Å². The van der Waals surface area contributed by atoms with E-state index in [9.17, 15) is 4.39 Å². The molecular formula is C15H20BrFO3. The molecule has 0 atom stereocenters. The molecule has 1 aromatic carbocycles. The summed E-state index contributed by atoms with van der Waals surface area (Å²) in [4.78, 5) is 0. The first-order valence-electron chi connectivity index (χ1n) is 6.95. The van der Waals surface area contributed by atoms with Crippen LogP contribution < -0.4 is 9.47 Å². The monoisotopic (exact) mass is 346 g/mol. The number of hydrogen-bond donors (Lipinski definition) is 0. The van der Waals surface area contributed by atoms with Gasteiger partial charge in [0, 0.05) is 25.5 Å². The minimum Gasteiger partial charge on any atom is -0.493 e. The van der Waals surface area contributed by atoms with Crippen molar-refractivity contribution in [3.8, 4) is 11.5 Å². The second kappa shape index (κ2) is 7.27. The number of methoxy groups -OCH3 is 1. The van der Waals surface area contributed by atoms with E-state index < -0.39 is 5.82 Å². The van der Waals surface area contributed by atoms with Crippen molar-refractivity contribution in [3.63, 3.8) is 0 Å². The van der Waals surface area contributed by atoms with Crippen molar-refractivity contribution in [1.29, 1.82) is 0 Å². The molecule has 0 radical (unpaired) electrons. The van der Waals surface area contributed by atoms with Gasteiger partial charge in [-0.3, -0.25) is 0 Å². The molecular weight excluding hydrogens is 327 g/mol. The summed E-state index contributed by atoms with van der Waals surface area (Å²) < 4.78 is 30.4. The molecule has 0 N–H and O–H groups in total. The van der Waals surface area contributed by atoms with E-state index in [-0.39, 0.29) is 11.9 Å². The van der Waals surface area contributed by atoms with Gasteiger partial charge in [0.2, 0.25) is 0 Å². The largest absolute Gasteiger partial charge is 0.493 e. The van der Waals surface area contributed by atoms with Gasteiger partial charge in [-0.15, -0.1) is 0 Å². The molecule has 0 unspecified atom stereocenters. The van der Waals surface area contributed by atoms with Crippen molar-refractivity contribution in [2.75, 3.05) is 13.7 Å². The first-order chi connectivity index (χ1) is 9.63. The SMILES string of the molecule is CCCCOC1CC(Oc2cc(Br)c(F)c(OC)c2)C1. The summed E-state index contributed by atoms with van der Waals surface area (Å²) in [6.45, 7) is 2.97. The van der Waals surface area contributed by atoms with Crippen LogP contribution in [0, 0.1) is 5.82 Å². The molecule has 1 aromatic rings. The quantitative estimate of drug-likeness (QED) is 0.688. The van der Waals surface area contributed by atoms with Gasteiger partial charge in [-0.1, -0.05) is 13.3 Å². The van der Waals surface area contributed by atoms with Gasteiger partial charge in [-0.25, -0.2) is 4.39 Å². The fourth-order valence-corrected chi connectivity index (χ4v) is 2.51. The number of unbranched alkanes of at least 4 members (excludes halogenated alkanes) is 1. The Kier molecular flexibility index (Phi) is 5.66. The molecule has 1 saturated carbocycles. The van der Waals surface area contributed by atoms with Crippen LogP contribution >= 0.6 is 15.9 Å². The zero-order chi connectivity index (χ0) is 14.5. The van der Waals surface area contributed by atoms with Crippen LogP contribution in [0.2, 0.25) is 0 Å². The zero-order valence-corrected chi connectivity index (χ0v) is 13.4. The number of ether oxygens (including phenoxy) is 3. The number of hydrogen-bond acceptors (Lipinski definition) is 3. The first-order valence-corrected chi connectivity index (χ1v) is 7.74. The van der Waals surface area contributed by atoms with Crippen molar-refractivity contribution in [2.24, 2.45) is 0 Å². The summed E-state index contributed by atoms with van der Waals surface area (Å²) in [6, 6.07) is 3.20. The van der Waals surface area contributed by atoms with E-state index in [0.717, 1.165) is 32.3 Å². The molecule has 1 aliphatic rings. The lowest BCUT2D eigenvalue weighted by Gasteiger charge is -2.35. The number of halogens is 2. The molecule has 0 aromatic heterocycles. The lowest BCUT2D eigenvalue weighted by molar-refractivity contribution is -0.0613. The molecule has 20 heavy (non-hydrogen) atoms. The molecule has 0 spiro atoms. The van der Waals surface area contributed by atoms with Crippen molar-refractivity contribution in [2.45, 2.75) is 44.8 Å². The smallest absolute Gasteiger partial charge is 0.179 e. The van der Waals surface area contributed by atoms with Crippen LogP contribution in [-0.4, -0.2) is 25.9 Å². The third-order valence-electron chi connectivity index (χ3n) is 3.39. The van der Waals surface area contributed by atoms with Gasteiger partial charge < -0.3 is 14.2 Å². The molecule has 0 heterocycles. The Morgan fingerprint density at radius 2 is 2.05 bits per heavy atom. The third kappa shape index (κ3) is 3.85. The van der Waals surface area contributed by atoms with E-state index in [1.165, 1.54) is 7.11 Å². The van der Waals surface area contributed by atoms with Crippen LogP contribution in [0.1, 0.15) is 32.6 Å². The average molecular weight is 347 g/mol. The maximum atomic E-state index is 13.6. The second-order valence-electron chi connectivity index (χ2n) is 4.98. The topological polar surface area (TPSA) is 27.7 Å². The van der Waals surface area contributed by atoms with E-state index in [4.69, 9.17) is 14.2 Å². The van der Waals surface area contributed by atoms with Crippen LogP contribution in [0.5, 0.6) is 11.5 Å². The molecule has 0 saturated heterocycles. The highest BCUT2D eigenvalue weighted by Gasteiger charge is 2.31. The highest BCUT2D eigenvalue weighted by atomic mass is 79.9. The van der Waals surface area contributed by atoms with Crippen LogP contribution in [0.25, 0.3) is 0 Å². The molecule has 1 fully saturated rings. The predicted molar refractivity (Wildman–Crippen MR) is 79.0 cm³/mol. The molecule has 0 bridgehead atoms. The molecule has 112 valence electrons. The zero-order valence-electron chi connectivity index (χ0n) is 11.8. The third-order valence-corrected chi connectivity index (χ3v) is 3.97. The van der Waals surface area contributed by atoms with Gasteiger partial charge in [-0.2, -0.15) is 0 Å². The minimum absolute atomic E-state index is 0.142. The van der Waals surface area contributed by atoms with Gasteiger partial charge in [0.15, 0.2) is 11.6 Å². The van der Waals surface area contributed by atoms with Gasteiger partial charge >= 0.3 is 0 Å². The fourth-order valence-electron chi connectivity index (χ4n) is 2.09. The Balaban J connectivity index is 1.82.